The van der Waals surface area contributed by atoms with Gasteiger partial charge in [-0.2, -0.15) is 18.3 Å². The first-order valence-corrected chi connectivity index (χ1v) is 13.6. The third kappa shape index (κ3) is 4.56. The van der Waals surface area contributed by atoms with Crippen LogP contribution in [0.25, 0.3) is 27.8 Å². The Bertz CT molecular complexity index is 1730. The van der Waals surface area contributed by atoms with Crippen LogP contribution in [0.4, 0.5) is 23.4 Å². The number of aryl methyl sites for hydroxylation is 2. The van der Waals surface area contributed by atoms with Gasteiger partial charge in [0.25, 0.3) is 0 Å². The number of aliphatic hydroxyl groups is 1. The average Bonchev–Trinajstić information content (AvgIpc) is 3.61. The lowest BCUT2D eigenvalue weighted by Crippen LogP contribution is -2.32. The Morgan fingerprint density at radius 1 is 1.02 bits per heavy atom. The highest BCUT2D eigenvalue weighted by Crippen LogP contribution is 2.40. The highest BCUT2D eigenvalue weighted by atomic mass is 19.4. The number of rotatable bonds is 6. The minimum absolute atomic E-state index is 0.118. The molecule has 0 spiro atoms. The van der Waals surface area contributed by atoms with Crippen molar-refractivity contribution in [3.63, 3.8) is 0 Å². The monoisotopic (exact) mass is 563 g/mol. The molecule has 5 aromatic rings. The minimum atomic E-state index is -4.68. The van der Waals surface area contributed by atoms with Gasteiger partial charge in [0.1, 0.15) is 0 Å². The van der Waals surface area contributed by atoms with Crippen LogP contribution >= 0.6 is 0 Å². The van der Waals surface area contributed by atoms with E-state index in [1.165, 1.54) is 0 Å². The molecule has 212 valence electrons. The molecular weight excluding hydrogens is 534 g/mol. The van der Waals surface area contributed by atoms with Gasteiger partial charge in [0.2, 0.25) is 0 Å². The SMILES string of the molecule is CCc1cccc(CC)c1-n1nc2c(c1-c1ccc(CO)c3[nH]ccc13)CN(c1ncc(C(F)(F)F)cc1F)CC2. The topological polar surface area (TPSA) is 70.0 Å². The van der Waals surface area contributed by atoms with Crippen LogP contribution in [-0.4, -0.2) is 31.4 Å². The maximum Gasteiger partial charge on any atom is 0.417 e. The lowest BCUT2D eigenvalue weighted by atomic mass is 9.96. The Labute approximate surface area is 234 Å². The minimum Gasteiger partial charge on any atom is -0.392 e. The molecule has 6 rings (SSSR count). The highest BCUT2D eigenvalue weighted by Gasteiger charge is 2.34. The number of alkyl halides is 3. The van der Waals surface area contributed by atoms with Gasteiger partial charge in [0, 0.05) is 54.0 Å². The van der Waals surface area contributed by atoms with Gasteiger partial charge in [0.05, 0.1) is 34.8 Å². The summed E-state index contributed by atoms with van der Waals surface area (Å²) in [5, 5.41) is 16.0. The predicted octanol–water partition coefficient (Wildman–Crippen LogP) is 6.75. The number of aliphatic hydroxyl groups excluding tert-OH is 1. The van der Waals surface area contributed by atoms with Gasteiger partial charge in [0.15, 0.2) is 11.6 Å². The molecule has 0 atom stereocenters. The van der Waals surface area contributed by atoms with Crippen LogP contribution in [0, 0.1) is 5.82 Å². The van der Waals surface area contributed by atoms with Gasteiger partial charge < -0.3 is 15.0 Å². The number of pyridine rings is 1. The summed E-state index contributed by atoms with van der Waals surface area (Å²) >= 11 is 0. The standard InChI is InChI=1S/C31H29F4N5O/c1-3-18-6-5-7-19(4-2)28(18)40-29(23-9-8-20(17-41)27-22(23)10-12-36-27)24-16-39(13-11-26(24)38-40)30-25(32)14-21(15-37-30)31(33,34)35/h5-10,12,14-15,36,41H,3-4,11,13,16-17H2,1-2H3. The van der Waals surface area contributed by atoms with E-state index >= 15 is 4.39 Å². The zero-order chi connectivity index (χ0) is 28.9. The third-order valence-electron chi connectivity index (χ3n) is 7.89. The molecule has 4 heterocycles. The van der Waals surface area contributed by atoms with E-state index in [1.807, 2.05) is 35.1 Å². The maximum absolute atomic E-state index is 15.0. The second-order valence-electron chi connectivity index (χ2n) is 10.2. The summed E-state index contributed by atoms with van der Waals surface area (Å²) in [6, 6.07) is 12.5. The van der Waals surface area contributed by atoms with E-state index in [-0.39, 0.29) is 19.0 Å². The summed E-state index contributed by atoms with van der Waals surface area (Å²) in [7, 11) is 0. The largest absolute Gasteiger partial charge is 0.417 e. The number of hydrogen-bond donors (Lipinski definition) is 2. The number of nitrogens with zero attached hydrogens (tertiary/aromatic N) is 4. The van der Waals surface area contributed by atoms with Crippen molar-refractivity contribution in [2.24, 2.45) is 0 Å². The van der Waals surface area contributed by atoms with E-state index in [4.69, 9.17) is 5.10 Å². The first-order chi connectivity index (χ1) is 19.7. The molecule has 0 amide bonds. The quantitative estimate of drug-likeness (QED) is 0.224. The fourth-order valence-corrected chi connectivity index (χ4v) is 5.85. The lowest BCUT2D eigenvalue weighted by molar-refractivity contribution is -0.138. The molecule has 0 radical (unpaired) electrons. The molecule has 0 fully saturated rings. The van der Waals surface area contributed by atoms with Crippen molar-refractivity contribution in [2.75, 3.05) is 11.4 Å². The summed E-state index contributed by atoms with van der Waals surface area (Å²) < 4.78 is 56.5. The molecule has 0 aliphatic carbocycles. The molecule has 3 aromatic heterocycles. The number of aromatic amines is 1. The summed E-state index contributed by atoms with van der Waals surface area (Å²) in [6.45, 7) is 4.66. The first-order valence-electron chi connectivity index (χ1n) is 13.6. The van der Waals surface area contributed by atoms with Crippen molar-refractivity contribution in [3.8, 4) is 16.9 Å². The van der Waals surface area contributed by atoms with Crippen molar-refractivity contribution in [2.45, 2.75) is 52.4 Å². The summed E-state index contributed by atoms with van der Waals surface area (Å²) in [5.41, 5.74) is 7.17. The van der Waals surface area contributed by atoms with Crippen molar-refractivity contribution >= 4 is 16.7 Å². The Morgan fingerprint density at radius 3 is 2.44 bits per heavy atom. The molecule has 0 saturated carbocycles. The predicted molar refractivity (Wildman–Crippen MR) is 149 cm³/mol. The number of fused-ring (bicyclic) bond motifs is 2. The molecule has 0 unspecified atom stereocenters. The molecular formula is C31H29F4N5O. The highest BCUT2D eigenvalue weighted by molar-refractivity contribution is 5.97. The molecule has 0 saturated heterocycles. The first kappa shape index (κ1) is 27.0. The van der Waals surface area contributed by atoms with Crippen molar-refractivity contribution in [1.82, 2.24) is 19.7 Å². The molecule has 1 aliphatic heterocycles. The van der Waals surface area contributed by atoms with Crippen LogP contribution in [0.15, 0.2) is 54.9 Å². The summed E-state index contributed by atoms with van der Waals surface area (Å²) in [6.07, 6.45) is -0.113. The smallest absolute Gasteiger partial charge is 0.392 e. The molecule has 10 heteroatoms. The molecule has 6 nitrogen and oxygen atoms in total. The van der Waals surface area contributed by atoms with Crippen molar-refractivity contribution < 1.29 is 22.7 Å². The molecule has 0 bridgehead atoms. The number of hydrogen-bond acceptors (Lipinski definition) is 4. The zero-order valence-electron chi connectivity index (χ0n) is 22.7. The van der Waals surface area contributed by atoms with Gasteiger partial charge >= 0.3 is 6.18 Å². The fraction of sp³-hybridized carbons (Fsp3) is 0.290. The summed E-state index contributed by atoms with van der Waals surface area (Å²) in [4.78, 5) is 8.81. The number of para-hydroxylation sites is 1. The van der Waals surface area contributed by atoms with E-state index in [0.717, 1.165) is 68.6 Å². The number of aromatic nitrogens is 4. The van der Waals surface area contributed by atoms with E-state index in [2.05, 4.69) is 35.9 Å². The van der Waals surface area contributed by atoms with Crippen LogP contribution in [0.5, 0.6) is 0 Å². The van der Waals surface area contributed by atoms with E-state index in [0.29, 0.717) is 25.2 Å². The number of anilines is 1. The van der Waals surface area contributed by atoms with Gasteiger partial charge in [-0.1, -0.05) is 44.2 Å². The van der Waals surface area contributed by atoms with E-state index in [1.54, 1.807) is 4.90 Å². The molecule has 41 heavy (non-hydrogen) atoms. The van der Waals surface area contributed by atoms with Crippen LogP contribution in [0.3, 0.4) is 0 Å². The summed E-state index contributed by atoms with van der Waals surface area (Å²) in [5.74, 6) is -1.13. The van der Waals surface area contributed by atoms with Gasteiger partial charge in [-0.15, -0.1) is 0 Å². The average molecular weight is 564 g/mol. The Kier molecular flexibility index (Phi) is 6.81. The van der Waals surface area contributed by atoms with Crippen LogP contribution in [0.1, 0.15) is 47.4 Å². The number of benzene rings is 2. The Balaban J connectivity index is 1.57. The fourth-order valence-electron chi connectivity index (χ4n) is 5.85. The molecule has 2 aromatic carbocycles. The van der Waals surface area contributed by atoms with Gasteiger partial charge in [-0.25, -0.2) is 14.1 Å². The van der Waals surface area contributed by atoms with Crippen LogP contribution in [-0.2, 0) is 38.6 Å². The zero-order valence-corrected chi connectivity index (χ0v) is 22.7. The van der Waals surface area contributed by atoms with Crippen molar-refractivity contribution in [1.29, 1.82) is 0 Å². The number of nitrogens with one attached hydrogen (secondary N) is 1. The number of halogens is 4. The van der Waals surface area contributed by atoms with E-state index < -0.39 is 17.6 Å². The van der Waals surface area contributed by atoms with Gasteiger partial charge in [-0.05, 0) is 36.1 Å². The van der Waals surface area contributed by atoms with Crippen LogP contribution < -0.4 is 4.90 Å². The normalized spacial score (nSPS) is 13.7. The van der Waals surface area contributed by atoms with Crippen LogP contribution in [0.2, 0.25) is 0 Å². The number of H-pyrrole nitrogens is 1. The lowest BCUT2D eigenvalue weighted by Gasteiger charge is -2.28. The molecule has 1 aliphatic rings. The van der Waals surface area contributed by atoms with Crippen molar-refractivity contribution in [3.05, 3.63) is 94.2 Å². The Morgan fingerprint density at radius 2 is 1.78 bits per heavy atom. The van der Waals surface area contributed by atoms with Gasteiger partial charge in [-0.3, -0.25) is 0 Å². The Hall–Kier alpha value is -4.18. The molecule has 2 N–H and O–H groups in total. The third-order valence-corrected chi connectivity index (χ3v) is 7.89. The second kappa shape index (κ2) is 10.3. The van der Waals surface area contributed by atoms with E-state index in [9.17, 15) is 18.3 Å². The second-order valence-corrected chi connectivity index (χ2v) is 10.2. The maximum atomic E-state index is 15.0.